The molecular weight excluding hydrogens is 352 g/mol. The maximum atomic E-state index is 12.8. The number of hydrogen-bond donors (Lipinski definition) is 1. The lowest BCUT2D eigenvalue weighted by molar-refractivity contribution is 0.180. The Labute approximate surface area is 152 Å². The average molecular weight is 374 g/mol. The van der Waals surface area contributed by atoms with Crippen molar-refractivity contribution >= 4 is 15.9 Å². The zero-order chi connectivity index (χ0) is 18.3. The minimum Gasteiger partial charge on any atom is -0.335 e. The topological polar surface area (TPSA) is 84.3 Å². The molecule has 1 aliphatic carbocycles. The second kappa shape index (κ2) is 6.42. The molecule has 2 amide bonds. The molecular formula is C18H22N4O3S. The van der Waals surface area contributed by atoms with Crippen LogP contribution in [0.4, 0.5) is 4.79 Å². The van der Waals surface area contributed by atoms with Gasteiger partial charge in [0.2, 0.25) is 0 Å². The van der Waals surface area contributed by atoms with Gasteiger partial charge in [0.1, 0.15) is 0 Å². The molecule has 8 heteroatoms. The average Bonchev–Trinajstić information content (AvgIpc) is 3.24. The normalized spacial score (nSPS) is 27.1. The van der Waals surface area contributed by atoms with E-state index < -0.39 is 15.9 Å². The van der Waals surface area contributed by atoms with Crippen molar-refractivity contribution in [2.45, 2.75) is 24.4 Å². The fraction of sp³-hybridized carbons (Fsp3) is 0.444. The Hall–Kier alpha value is -2.35. The van der Waals surface area contributed by atoms with Crippen LogP contribution in [0.5, 0.6) is 0 Å². The molecule has 2 fully saturated rings. The van der Waals surface area contributed by atoms with Crippen molar-refractivity contribution in [3.63, 3.8) is 0 Å². The molecule has 0 unspecified atom stereocenters. The predicted molar refractivity (Wildman–Crippen MR) is 97.4 cm³/mol. The molecule has 1 saturated heterocycles. The molecule has 1 aliphatic heterocycles. The Morgan fingerprint density at radius 2 is 2.00 bits per heavy atom. The second-order valence-electron chi connectivity index (χ2n) is 7.08. The van der Waals surface area contributed by atoms with Crippen molar-refractivity contribution in [3.8, 4) is 0 Å². The van der Waals surface area contributed by atoms with Gasteiger partial charge < -0.3 is 10.2 Å². The van der Waals surface area contributed by atoms with Gasteiger partial charge >= 0.3 is 6.03 Å². The molecule has 1 aromatic heterocycles. The molecule has 1 N–H and O–H groups in total. The highest BCUT2D eigenvalue weighted by atomic mass is 32.2. The first-order valence-electron chi connectivity index (χ1n) is 8.74. The van der Waals surface area contributed by atoms with Crippen molar-refractivity contribution < 1.29 is 13.2 Å². The molecule has 2 aliphatic rings. The minimum absolute atomic E-state index is 0.00393. The lowest BCUT2D eigenvalue weighted by Crippen LogP contribution is -2.50. The number of hydrogen-bond acceptors (Lipinski definition) is 4. The zero-order valence-electron chi connectivity index (χ0n) is 14.6. The van der Waals surface area contributed by atoms with Crippen LogP contribution in [0.3, 0.4) is 0 Å². The molecule has 0 bridgehead atoms. The standard InChI is InChI=1S/C18H22N4O3S/c1-21-11-14(10-19-21)17-12-26(24,25)8-7-22(17)18(23)20-16-9-15(16)13-5-3-2-4-6-13/h2-6,10-11,15-17H,7-9,12H2,1H3,(H,20,23)/t15-,16+,17-/m0/s1. The number of aryl methyl sites for hydroxylation is 1. The van der Waals surface area contributed by atoms with Crippen LogP contribution < -0.4 is 5.32 Å². The molecule has 0 radical (unpaired) electrons. The van der Waals surface area contributed by atoms with Gasteiger partial charge in [-0.15, -0.1) is 0 Å². The molecule has 138 valence electrons. The molecule has 26 heavy (non-hydrogen) atoms. The monoisotopic (exact) mass is 374 g/mol. The van der Waals surface area contributed by atoms with E-state index >= 15 is 0 Å². The largest absolute Gasteiger partial charge is 0.335 e. The summed E-state index contributed by atoms with van der Waals surface area (Å²) >= 11 is 0. The van der Waals surface area contributed by atoms with Gasteiger partial charge in [-0.3, -0.25) is 4.68 Å². The minimum atomic E-state index is -3.16. The molecule has 1 aromatic carbocycles. The van der Waals surface area contributed by atoms with E-state index in [2.05, 4.69) is 22.5 Å². The summed E-state index contributed by atoms with van der Waals surface area (Å²) in [6.45, 7) is 0.205. The predicted octanol–water partition coefficient (Wildman–Crippen LogP) is 1.46. The highest BCUT2D eigenvalue weighted by Gasteiger charge is 2.42. The Bertz CT molecular complexity index is 910. The Morgan fingerprint density at radius 1 is 1.23 bits per heavy atom. The number of carbonyl (C=O) groups excluding carboxylic acids is 1. The highest BCUT2D eigenvalue weighted by Crippen LogP contribution is 2.41. The van der Waals surface area contributed by atoms with Gasteiger partial charge in [-0.1, -0.05) is 30.3 Å². The molecule has 1 saturated carbocycles. The van der Waals surface area contributed by atoms with Crippen molar-refractivity contribution in [2.75, 3.05) is 18.1 Å². The van der Waals surface area contributed by atoms with E-state index in [1.54, 1.807) is 29.0 Å². The summed E-state index contributed by atoms with van der Waals surface area (Å²) < 4.78 is 25.8. The number of aromatic nitrogens is 2. The van der Waals surface area contributed by atoms with Crippen LogP contribution in [-0.4, -0.2) is 53.2 Å². The van der Waals surface area contributed by atoms with Gasteiger partial charge in [-0.2, -0.15) is 5.10 Å². The van der Waals surface area contributed by atoms with Gasteiger partial charge in [-0.05, 0) is 12.0 Å². The molecule has 7 nitrogen and oxygen atoms in total. The van der Waals surface area contributed by atoms with Gasteiger partial charge in [0.25, 0.3) is 0 Å². The smallest absolute Gasteiger partial charge is 0.318 e. The maximum absolute atomic E-state index is 12.8. The third kappa shape index (κ3) is 3.46. The molecule has 0 spiro atoms. The zero-order valence-corrected chi connectivity index (χ0v) is 15.4. The molecule has 2 aromatic rings. The first kappa shape index (κ1) is 17.1. The summed E-state index contributed by atoms with van der Waals surface area (Å²) in [5.74, 6) is 0.286. The Morgan fingerprint density at radius 3 is 2.69 bits per heavy atom. The fourth-order valence-electron chi connectivity index (χ4n) is 3.60. The number of rotatable bonds is 3. The van der Waals surface area contributed by atoms with Gasteiger partial charge in [0.05, 0.1) is 23.7 Å². The van der Waals surface area contributed by atoms with E-state index in [-0.39, 0.29) is 30.1 Å². The third-order valence-electron chi connectivity index (χ3n) is 5.13. The van der Waals surface area contributed by atoms with Gasteiger partial charge in [0, 0.05) is 37.3 Å². The van der Waals surface area contributed by atoms with Crippen LogP contribution in [0, 0.1) is 0 Å². The SMILES string of the molecule is Cn1cc([C@@H]2CS(=O)(=O)CCN2C(=O)N[C@@H]2C[C@H]2c2ccccc2)cn1. The summed E-state index contributed by atoms with van der Waals surface area (Å²) in [4.78, 5) is 14.5. The number of urea groups is 1. The van der Waals surface area contributed by atoms with E-state index in [0.717, 1.165) is 12.0 Å². The van der Waals surface area contributed by atoms with E-state index in [9.17, 15) is 13.2 Å². The van der Waals surface area contributed by atoms with E-state index in [4.69, 9.17) is 0 Å². The Balaban J connectivity index is 1.47. The first-order valence-corrected chi connectivity index (χ1v) is 10.6. The number of amides is 2. The van der Waals surface area contributed by atoms with Crippen molar-refractivity contribution in [1.29, 1.82) is 0 Å². The van der Waals surface area contributed by atoms with E-state index in [1.165, 1.54) is 5.56 Å². The summed E-state index contributed by atoms with van der Waals surface area (Å²) in [5, 5.41) is 7.19. The van der Waals surface area contributed by atoms with Crippen LogP contribution in [-0.2, 0) is 16.9 Å². The molecule has 4 rings (SSSR count). The summed E-state index contributed by atoms with van der Waals surface area (Å²) in [5.41, 5.74) is 1.98. The second-order valence-corrected chi connectivity index (χ2v) is 9.31. The number of benzene rings is 1. The van der Waals surface area contributed by atoms with E-state index in [0.29, 0.717) is 5.92 Å². The lowest BCUT2D eigenvalue weighted by Gasteiger charge is -2.35. The van der Waals surface area contributed by atoms with Crippen LogP contribution in [0.1, 0.15) is 29.5 Å². The number of nitrogens with zero attached hydrogens (tertiary/aromatic N) is 3. The Kier molecular flexibility index (Phi) is 4.22. The van der Waals surface area contributed by atoms with Crippen molar-refractivity contribution in [2.24, 2.45) is 7.05 Å². The quantitative estimate of drug-likeness (QED) is 0.881. The number of carbonyl (C=O) groups is 1. The molecule has 2 heterocycles. The van der Waals surface area contributed by atoms with E-state index in [1.807, 2.05) is 18.2 Å². The maximum Gasteiger partial charge on any atom is 0.318 e. The van der Waals surface area contributed by atoms with Gasteiger partial charge in [-0.25, -0.2) is 13.2 Å². The van der Waals surface area contributed by atoms with Crippen molar-refractivity contribution in [3.05, 3.63) is 53.9 Å². The summed E-state index contributed by atoms with van der Waals surface area (Å²) in [6.07, 6.45) is 4.32. The van der Waals surface area contributed by atoms with Crippen LogP contribution >= 0.6 is 0 Å². The summed E-state index contributed by atoms with van der Waals surface area (Å²) in [7, 11) is -1.38. The number of nitrogens with one attached hydrogen (secondary N) is 1. The van der Waals surface area contributed by atoms with Crippen LogP contribution in [0.15, 0.2) is 42.7 Å². The molecule has 3 atom stereocenters. The van der Waals surface area contributed by atoms with Crippen LogP contribution in [0.2, 0.25) is 0 Å². The fourth-order valence-corrected chi connectivity index (χ4v) is 5.10. The lowest BCUT2D eigenvalue weighted by atomic mass is 10.1. The van der Waals surface area contributed by atoms with Crippen molar-refractivity contribution in [1.82, 2.24) is 20.0 Å². The highest BCUT2D eigenvalue weighted by molar-refractivity contribution is 7.91. The first-order chi connectivity index (χ1) is 12.4. The van der Waals surface area contributed by atoms with Crippen LogP contribution in [0.25, 0.3) is 0 Å². The van der Waals surface area contributed by atoms with Gasteiger partial charge in [0.15, 0.2) is 9.84 Å². The summed E-state index contributed by atoms with van der Waals surface area (Å²) in [6, 6.07) is 9.55. The third-order valence-corrected chi connectivity index (χ3v) is 6.76. The number of sulfone groups is 1.